The summed E-state index contributed by atoms with van der Waals surface area (Å²) in [5.74, 6) is 1.04. The van der Waals surface area contributed by atoms with E-state index in [4.69, 9.17) is 9.26 Å². The van der Waals surface area contributed by atoms with E-state index >= 15 is 0 Å². The predicted octanol–water partition coefficient (Wildman–Crippen LogP) is 3.02. The third kappa shape index (κ3) is 4.00. The number of hydrogen-bond donors (Lipinski definition) is 1. The molecule has 0 fully saturated rings. The fourth-order valence-corrected chi connectivity index (χ4v) is 2.23. The largest absolute Gasteiger partial charge is 0.478 e. The Hall–Kier alpha value is -3.22. The molecule has 1 aromatic carbocycles. The number of benzene rings is 1. The van der Waals surface area contributed by atoms with E-state index in [0.717, 1.165) is 5.56 Å². The van der Waals surface area contributed by atoms with E-state index in [9.17, 15) is 4.79 Å². The van der Waals surface area contributed by atoms with E-state index in [0.29, 0.717) is 29.8 Å². The lowest BCUT2D eigenvalue weighted by Crippen LogP contribution is -2.26. The molecule has 0 aliphatic heterocycles. The van der Waals surface area contributed by atoms with Crippen LogP contribution >= 0.6 is 0 Å². The van der Waals surface area contributed by atoms with Crippen LogP contribution in [0.15, 0.2) is 53.2 Å². The molecule has 0 aliphatic carbocycles. The highest BCUT2D eigenvalue weighted by atomic mass is 16.5. The summed E-state index contributed by atoms with van der Waals surface area (Å²) in [4.78, 5) is 20.7. The summed E-state index contributed by atoms with van der Waals surface area (Å²) < 4.78 is 10.6. The third-order valence-electron chi connectivity index (χ3n) is 3.48. The Morgan fingerprint density at radius 3 is 2.84 bits per heavy atom. The molecule has 25 heavy (non-hydrogen) atoms. The van der Waals surface area contributed by atoms with Gasteiger partial charge in [0.25, 0.3) is 5.91 Å². The number of pyridine rings is 1. The average Bonchev–Trinajstić information content (AvgIpc) is 3.13. The van der Waals surface area contributed by atoms with Crippen LogP contribution in [0, 0.1) is 0 Å². The van der Waals surface area contributed by atoms with Gasteiger partial charge in [0, 0.05) is 23.4 Å². The van der Waals surface area contributed by atoms with Gasteiger partial charge in [-0.2, -0.15) is 4.98 Å². The molecule has 7 nitrogen and oxygen atoms in total. The smallest absolute Gasteiger partial charge is 0.251 e. The Kier molecular flexibility index (Phi) is 5.03. The molecule has 1 amide bonds. The van der Waals surface area contributed by atoms with Crippen molar-refractivity contribution in [3.63, 3.8) is 0 Å². The van der Waals surface area contributed by atoms with Gasteiger partial charge in [-0.3, -0.25) is 4.79 Å². The zero-order valence-corrected chi connectivity index (χ0v) is 14.0. The van der Waals surface area contributed by atoms with Gasteiger partial charge < -0.3 is 14.6 Å². The average molecular weight is 338 g/mol. The highest BCUT2D eigenvalue weighted by molar-refractivity contribution is 5.94. The van der Waals surface area contributed by atoms with Crippen molar-refractivity contribution < 1.29 is 14.1 Å². The number of carbonyl (C=O) groups excluding carboxylic acids is 1. The van der Waals surface area contributed by atoms with Crippen molar-refractivity contribution in [2.24, 2.45) is 0 Å². The lowest BCUT2D eigenvalue weighted by molar-refractivity contribution is 0.0932. The lowest BCUT2D eigenvalue weighted by Gasteiger charge is -2.09. The molecule has 0 unspecified atom stereocenters. The van der Waals surface area contributed by atoms with Crippen molar-refractivity contribution in [1.82, 2.24) is 20.4 Å². The molecule has 0 saturated carbocycles. The van der Waals surface area contributed by atoms with Crippen LogP contribution in [-0.4, -0.2) is 27.6 Å². The fraction of sp³-hybridized carbons (Fsp3) is 0.222. The lowest BCUT2D eigenvalue weighted by atomic mass is 10.2. The maximum atomic E-state index is 12.2. The Balaban J connectivity index is 1.72. The van der Waals surface area contributed by atoms with Gasteiger partial charge in [0.15, 0.2) is 0 Å². The predicted molar refractivity (Wildman–Crippen MR) is 91.0 cm³/mol. The summed E-state index contributed by atoms with van der Waals surface area (Å²) >= 11 is 0. The molecule has 3 rings (SSSR count). The Morgan fingerprint density at radius 1 is 1.28 bits per heavy atom. The normalized spacial score (nSPS) is 11.8. The third-order valence-corrected chi connectivity index (χ3v) is 3.48. The van der Waals surface area contributed by atoms with Crippen LogP contribution in [0.25, 0.3) is 11.4 Å². The molecule has 0 saturated heterocycles. The van der Waals surface area contributed by atoms with Crippen LogP contribution in [0.3, 0.4) is 0 Å². The van der Waals surface area contributed by atoms with Gasteiger partial charge >= 0.3 is 0 Å². The van der Waals surface area contributed by atoms with Crippen LogP contribution in [-0.2, 0) is 0 Å². The van der Waals surface area contributed by atoms with E-state index in [1.54, 1.807) is 37.4 Å². The number of rotatable bonds is 6. The molecule has 0 spiro atoms. The van der Waals surface area contributed by atoms with E-state index < -0.39 is 6.04 Å². The zero-order chi connectivity index (χ0) is 17.6. The number of nitrogens with zero attached hydrogens (tertiary/aromatic N) is 3. The number of aromatic nitrogens is 3. The Morgan fingerprint density at radius 2 is 2.08 bits per heavy atom. The molecule has 128 valence electrons. The minimum atomic E-state index is -0.415. The van der Waals surface area contributed by atoms with E-state index in [1.165, 1.54) is 0 Å². The van der Waals surface area contributed by atoms with Crippen LogP contribution in [0.4, 0.5) is 0 Å². The molecular formula is C18H18N4O3. The zero-order valence-electron chi connectivity index (χ0n) is 14.0. The first-order valence-corrected chi connectivity index (χ1v) is 7.96. The summed E-state index contributed by atoms with van der Waals surface area (Å²) in [7, 11) is 0. The number of nitrogens with one attached hydrogen (secondary N) is 1. The molecule has 7 heteroatoms. The molecule has 0 bridgehead atoms. The molecular weight excluding hydrogens is 320 g/mol. The topological polar surface area (TPSA) is 90.1 Å². The second kappa shape index (κ2) is 7.57. The first-order valence-electron chi connectivity index (χ1n) is 7.96. The maximum Gasteiger partial charge on any atom is 0.251 e. The number of ether oxygens (including phenoxy) is 1. The fourth-order valence-electron chi connectivity index (χ4n) is 2.23. The van der Waals surface area contributed by atoms with E-state index in [2.05, 4.69) is 20.4 Å². The summed E-state index contributed by atoms with van der Waals surface area (Å²) in [6.07, 6.45) is 1.62. The quantitative estimate of drug-likeness (QED) is 0.743. The number of amides is 1. The van der Waals surface area contributed by atoms with Crippen LogP contribution in [0.1, 0.15) is 36.1 Å². The van der Waals surface area contributed by atoms with Gasteiger partial charge in [-0.25, -0.2) is 4.98 Å². The van der Waals surface area contributed by atoms with Gasteiger partial charge in [0.2, 0.25) is 17.6 Å². The van der Waals surface area contributed by atoms with Crippen molar-refractivity contribution in [2.45, 2.75) is 19.9 Å². The number of hydrogen-bond acceptors (Lipinski definition) is 6. The van der Waals surface area contributed by atoms with Crippen molar-refractivity contribution in [3.8, 4) is 17.3 Å². The first-order chi connectivity index (χ1) is 12.2. The van der Waals surface area contributed by atoms with Crippen molar-refractivity contribution in [1.29, 1.82) is 0 Å². The Bertz CT molecular complexity index is 848. The minimum Gasteiger partial charge on any atom is -0.478 e. The maximum absolute atomic E-state index is 12.2. The molecule has 0 radical (unpaired) electrons. The highest BCUT2D eigenvalue weighted by Crippen LogP contribution is 2.21. The second-order valence-electron chi connectivity index (χ2n) is 5.33. The summed E-state index contributed by atoms with van der Waals surface area (Å²) in [6.45, 7) is 4.20. The van der Waals surface area contributed by atoms with Gasteiger partial charge in [-0.1, -0.05) is 23.4 Å². The molecule has 0 aliphatic rings. The summed E-state index contributed by atoms with van der Waals surface area (Å²) in [5.41, 5.74) is 1.31. The monoisotopic (exact) mass is 338 g/mol. The van der Waals surface area contributed by atoms with Crippen LogP contribution in [0.5, 0.6) is 5.88 Å². The van der Waals surface area contributed by atoms with E-state index in [-0.39, 0.29) is 5.91 Å². The molecule has 3 aromatic rings. The minimum absolute atomic E-state index is 0.199. The van der Waals surface area contributed by atoms with Gasteiger partial charge in [0.05, 0.1) is 6.61 Å². The van der Waals surface area contributed by atoms with Gasteiger partial charge in [-0.15, -0.1) is 0 Å². The van der Waals surface area contributed by atoms with E-state index in [1.807, 2.05) is 25.1 Å². The summed E-state index contributed by atoms with van der Waals surface area (Å²) in [5, 5.41) is 6.80. The summed E-state index contributed by atoms with van der Waals surface area (Å²) in [6, 6.07) is 12.1. The highest BCUT2D eigenvalue weighted by Gasteiger charge is 2.18. The van der Waals surface area contributed by atoms with Crippen LogP contribution in [0.2, 0.25) is 0 Å². The van der Waals surface area contributed by atoms with Crippen LogP contribution < -0.4 is 10.1 Å². The molecule has 2 heterocycles. The van der Waals surface area contributed by atoms with Crippen molar-refractivity contribution in [2.75, 3.05) is 6.61 Å². The Labute approximate surface area is 145 Å². The number of carbonyl (C=O) groups is 1. The van der Waals surface area contributed by atoms with Gasteiger partial charge in [-0.05, 0) is 32.0 Å². The molecule has 2 aromatic heterocycles. The SMILES string of the molecule is CCOc1cc(-c2noc([C@H](C)NC(=O)c3ccccc3)n2)ccn1. The second-order valence-corrected chi connectivity index (χ2v) is 5.33. The van der Waals surface area contributed by atoms with Crippen molar-refractivity contribution in [3.05, 3.63) is 60.1 Å². The molecule has 1 N–H and O–H groups in total. The van der Waals surface area contributed by atoms with Gasteiger partial charge in [0.1, 0.15) is 6.04 Å². The first kappa shape index (κ1) is 16.6. The molecule has 1 atom stereocenters. The standard InChI is InChI=1S/C18H18N4O3/c1-3-24-15-11-14(9-10-19-15)16-21-18(25-22-16)12(2)20-17(23)13-7-5-4-6-8-13/h4-12H,3H2,1-2H3,(H,20,23)/t12-/m0/s1. The van der Waals surface area contributed by atoms with Crippen molar-refractivity contribution >= 4 is 5.91 Å².